The van der Waals surface area contributed by atoms with Crippen LogP contribution in [0.4, 0.5) is 5.69 Å². The van der Waals surface area contributed by atoms with Crippen molar-refractivity contribution in [3.05, 3.63) is 60.2 Å². The van der Waals surface area contributed by atoms with E-state index in [-0.39, 0.29) is 30.8 Å². The van der Waals surface area contributed by atoms with E-state index in [4.69, 9.17) is 4.74 Å². The van der Waals surface area contributed by atoms with Gasteiger partial charge in [0.15, 0.2) is 0 Å². The molecule has 2 aromatic carbocycles. The van der Waals surface area contributed by atoms with Crippen LogP contribution in [-0.4, -0.2) is 24.5 Å². The maximum Gasteiger partial charge on any atom is 0.227 e. The molecule has 0 aromatic heterocycles. The second kappa shape index (κ2) is 7.83. The Labute approximate surface area is 147 Å². The quantitative estimate of drug-likeness (QED) is 0.912. The van der Waals surface area contributed by atoms with Gasteiger partial charge in [-0.25, -0.2) is 0 Å². The van der Waals surface area contributed by atoms with Crippen LogP contribution in [0.5, 0.6) is 5.75 Å². The van der Waals surface area contributed by atoms with Gasteiger partial charge in [0.1, 0.15) is 11.9 Å². The number of nitrogens with zero attached hydrogens (tertiary/aromatic N) is 1. The van der Waals surface area contributed by atoms with Gasteiger partial charge in [0, 0.05) is 19.4 Å². The molecule has 1 aliphatic heterocycles. The van der Waals surface area contributed by atoms with Gasteiger partial charge in [-0.3, -0.25) is 9.59 Å². The number of rotatable bonds is 5. The van der Waals surface area contributed by atoms with Crippen molar-refractivity contribution in [3.63, 3.8) is 0 Å². The summed E-state index contributed by atoms with van der Waals surface area (Å²) in [7, 11) is 0. The first-order valence-electron chi connectivity index (χ1n) is 8.50. The highest BCUT2D eigenvalue weighted by Crippen LogP contribution is 2.33. The lowest BCUT2D eigenvalue weighted by molar-refractivity contribution is -0.125. The third-order valence-corrected chi connectivity index (χ3v) is 4.12. The van der Waals surface area contributed by atoms with E-state index in [1.165, 1.54) is 0 Å². The highest BCUT2D eigenvalue weighted by Gasteiger charge is 2.27. The van der Waals surface area contributed by atoms with Gasteiger partial charge in [-0.15, -0.1) is 0 Å². The molecule has 2 aromatic rings. The Kier molecular flexibility index (Phi) is 5.33. The third kappa shape index (κ3) is 4.38. The predicted octanol–water partition coefficient (Wildman–Crippen LogP) is 2.90. The zero-order valence-corrected chi connectivity index (χ0v) is 14.3. The number of fused-ring (bicyclic) bond motifs is 1. The molecule has 0 aliphatic carbocycles. The zero-order chi connectivity index (χ0) is 17.6. The van der Waals surface area contributed by atoms with E-state index in [9.17, 15) is 9.59 Å². The molecule has 1 heterocycles. The molecule has 1 aliphatic rings. The Balaban J connectivity index is 1.53. The molecule has 3 rings (SSSR count). The lowest BCUT2D eigenvalue weighted by atomic mass is 10.1. The fraction of sp³-hybridized carbons (Fsp3) is 0.300. The van der Waals surface area contributed by atoms with Crippen LogP contribution in [0.3, 0.4) is 0 Å². The maximum atomic E-state index is 12.6. The van der Waals surface area contributed by atoms with Crippen LogP contribution in [0.2, 0.25) is 0 Å². The van der Waals surface area contributed by atoms with Crippen LogP contribution < -0.4 is 15.0 Å². The van der Waals surface area contributed by atoms with E-state index in [1.807, 2.05) is 61.5 Å². The fourth-order valence-electron chi connectivity index (χ4n) is 2.87. The molecule has 0 fully saturated rings. The molecule has 2 amide bonds. The van der Waals surface area contributed by atoms with E-state index in [0.29, 0.717) is 18.8 Å². The largest absolute Gasteiger partial charge is 0.487 e. The Morgan fingerprint density at radius 3 is 2.60 bits per heavy atom. The predicted molar refractivity (Wildman–Crippen MR) is 96.4 cm³/mol. The lowest BCUT2D eigenvalue weighted by Gasteiger charge is -2.33. The minimum absolute atomic E-state index is 0.0579. The summed E-state index contributed by atoms with van der Waals surface area (Å²) in [6.07, 6.45) is 0.298. The van der Waals surface area contributed by atoms with Gasteiger partial charge in [0.05, 0.1) is 12.2 Å². The minimum Gasteiger partial charge on any atom is -0.487 e. The van der Waals surface area contributed by atoms with Gasteiger partial charge < -0.3 is 15.0 Å². The summed E-state index contributed by atoms with van der Waals surface area (Å²) in [6, 6.07) is 17.2. The molecule has 130 valence electrons. The summed E-state index contributed by atoms with van der Waals surface area (Å²) in [5.41, 5.74) is 1.81. The van der Waals surface area contributed by atoms with Crippen molar-refractivity contribution in [3.8, 4) is 5.75 Å². The number of benzene rings is 2. The number of anilines is 1. The van der Waals surface area contributed by atoms with Crippen molar-refractivity contribution < 1.29 is 14.3 Å². The monoisotopic (exact) mass is 338 g/mol. The zero-order valence-electron chi connectivity index (χ0n) is 14.3. The van der Waals surface area contributed by atoms with Crippen molar-refractivity contribution in [2.75, 3.05) is 11.4 Å². The topological polar surface area (TPSA) is 58.6 Å². The standard InChI is InChI=1S/C20H22N2O3/c1-15-14-22(17-9-5-6-10-18(17)25-15)20(24)12-11-19(23)21-13-16-7-3-2-4-8-16/h2-10,15H,11-14H2,1H3,(H,21,23)/t15-/m1/s1. The highest BCUT2D eigenvalue weighted by molar-refractivity contribution is 5.97. The average molecular weight is 338 g/mol. The molecule has 5 nitrogen and oxygen atoms in total. The van der Waals surface area contributed by atoms with Crippen LogP contribution >= 0.6 is 0 Å². The van der Waals surface area contributed by atoms with Gasteiger partial charge in [-0.2, -0.15) is 0 Å². The number of nitrogens with one attached hydrogen (secondary N) is 1. The number of amides is 2. The summed E-state index contributed by atoms with van der Waals surface area (Å²) in [4.78, 5) is 26.3. The molecule has 25 heavy (non-hydrogen) atoms. The fourth-order valence-corrected chi connectivity index (χ4v) is 2.87. The summed E-state index contributed by atoms with van der Waals surface area (Å²) < 4.78 is 5.75. The van der Waals surface area contributed by atoms with Crippen LogP contribution in [0.25, 0.3) is 0 Å². The summed E-state index contributed by atoms with van der Waals surface area (Å²) in [5, 5.41) is 2.85. The van der Waals surface area contributed by atoms with Crippen LogP contribution in [-0.2, 0) is 16.1 Å². The molecular weight excluding hydrogens is 316 g/mol. The molecule has 1 atom stereocenters. The normalized spacial score (nSPS) is 15.9. The molecule has 0 spiro atoms. The summed E-state index contributed by atoms with van der Waals surface area (Å²) in [5.74, 6) is 0.535. The molecule has 0 saturated heterocycles. The number of para-hydroxylation sites is 2. The van der Waals surface area contributed by atoms with Crippen LogP contribution in [0, 0.1) is 0 Å². The molecule has 1 N–H and O–H groups in total. The van der Waals surface area contributed by atoms with Crippen molar-refractivity contribution in [2.24, 2.45) is 0 Å². The number of hydrogen-bond donors (Lipinski definition) is 1. The molecule has 0 radical (unpaired) electrons. The number of hydrogen-bond acceptors (Lipinski definition) is 3. The first kappa shape index (κ1) is 17.0. The Hall–Kier alpha value is -2.82. The van der Waals surface area contributed by atoms with Crippen molar-refractivity contribution in [1.29, 1.82) is 0 Å². The summed E-state index contributed by atoms with van der Waals surface area (Å²) in [6.45, 7) is 2.91. The van der Waals surface area contributed by atoms with Gasteiger partial charge in [-0.05, 0) is 24.6 Å². The minimum atomic E-state index is -0.119. The van der Waals surface area contributed by atoms with E-state index in [1.54, 1.807) is 4.90 Å². The molecule has 0 saturated carbocycles. The first-order valence-corrected chi connectivity index (χ1v) is 8.50. The smallest absolute Gasteiger partial charge is 0.227 e. The Morgan fingerprint density at radius 1 is 1.08 bits per heavy atom. The average Bonchev–Trinajstić information content (AvgIpc) is 2.64. The molecular formula is C20H22N2O3. The van der Waals surface area contributed by atoms with Crippen LogP contribution in [0.15, 0.2) is 54.6 Å². The first-order chi connectivity index (χ1) is 12.1. The van der Waals surface area contributed by atoms with Crippen molar-refractivity contribution >= 4 is 17.5 Å². The Bertz CT molecular complexity index is 746. The molecule has 0 unspecified atom stereocenters. The molecule has 0 bridgehead atoms. The lowest BCUT2D eigenvalue weighted by Crippen LogP contribution is -2.42. The number of carbonyl (C=O) groups excluding carboxylic acids is 2. The SMILES string of the molecule is C[C@@H]1CN(C(=O)CCC(=O)NCc2ccccc2)c2ccccc2O1. The van der Waals surface area contributed by atoms with Crippen molar-refractivity contribution in [1.82, 2.24) is 5.32 Å². The summed E-state index contributed by atoms with van der Waals surface area (Å²) >= 11 is 0. The third-order valence-electron chi connectivity index (χ3n) is 4.12. The number of ether oxygens (including phenoxy) is 1. The molecule has 5 heteroatoms. The van der Waals surface area contributed by atoms with Crippen molar-refractivity contribution in [2.45, 2.75) is 32.4 Å². The maximum absolute atomic E-state index is 12.6. The number of carbonyl (C=O) groups is 2. The van der Waals surface area contributed by atoms with E-state index in [2.05, 4.69) is 5.32 Å². The van der Waals surface area contributed by atoms with Gasteiger partial charge >= 0.3 is 0 Å². The highest BCUT2D eigenvalue weighted by atomic mass is 16.5. The second-order valence-electron chi connectivity index (χ2n) is 6.16. The van der Waals surface area contributed by atoms with Gasteiger partial charge in [-0.1, -0.05) is 42.5 Å². The van der Waals surface area contributed by atoms with E-state index >= 15 is 0 Å². The van der Waals surface area contributed by atoms with E-state index < -0.39 is 0 Å². The van der Waals surface area contributed by atoms with Gasteiger partial charge in [0.25, 0.3) is 0 Å². The second-order valence-corrected chi connectivity index (χ2v) is 6.16. The van der Waals surface area contributed by atoms with Crippen LogP contribution in [0.1, 0.15) is 25.3 Å². The van der Waals surface area contributed by atoms with Gasteiger partial charge in [0.2, 0.25) is 11.8 Å². The van der Waals surface area contributed by atoms with E-state index in [0.717, 1.165) is 11.3 Å². The Morgan fingerprint density at radius 2 is 1.80 bits per heavy atom.